The van der Waals surface area contributed by atoms with Crippen molar-refractivity contribution in [3.05, 3.63) is 36.0 Å². The van der Waals surface area contributed by atoms with E-state index >= 15 is 0 Å². The molecule has 0 aliphatic carbocycles. The molecule has 166 valence electrons. The summed E-state index contributed by atoms with van der Waals surface area (Å²) in [7, 11) is 4.65. The molecule has 0 saturated carbocycles. The number of benzene rings is 1. The van der Waals surface area contributed by atoms with Crippen molar-refractivity contribution < 1.29 is 24.1 Å². The lowest BCUT2D eigenvalue weighted by atomic mass is 9.91. The average molecular weight is 428 g/mol. The van der Waals surface area contributed by atoms with E-state index < -0.39 is 5.60 Å². The van der Waals surface area contributed by atoms with Crippen molar-refractivity contribution >= 4 is 16.8 Å². The molecule has 1 fully saturated rings. The molecule has 0 unspecified atom stereocenters. The number of aromatic amines is 1. The maximum Gasteiger partial charge on any atom is 0.270 e. The summed E-state index contributed by atoms with van der Waals surface area (Å²) >= 11 is 0. The topological polar surface area (TPSA) is 102 Å². The zero-order valence-corrected chi connectivity index (χ0v) is 18.3. The van der Waals surface area contributed by atoms with Gasteiger partial charge in [0.05, 0.1) is 39.0 Å². The molecule has 3 heterocycles. The number of nitrogens with one attached hydrogen (secondary N) is 1. The first-order valence-corrected chi connectivity index (χ1v) is 10.2. The number of hydrogen-bond donors (Lipinski definition) is 2. The van der Waals surface area contributed by atoms with Crippen molar-refractivity contribution in [2.45, 2.75) is 31.9 Å². The van der Waals surface area contributed by atoms with Gasteiger partial charge in [-0.25, -0.2) is 4.98 Å². The summed E-state index contributed by atoms with van der Waals surface area (Å²) in [5.74, 6) is 2.26. The number of methoxy groups -OCH3 is 3. The second-order valence-corrected chi connectivity index (χ2v) is 7.91. The Bertz CT molecular complexity index is 1090. The van der Waals surface area contributed by atoms with Crippen molar-refractivity contribution in [3.63, 3.8) is 0 Å². The molecule has 0 radical (unpaired) electrons. The number of hydrogen-bond acceptors (Lipinski definition) is 6. The van der Waals surface area contributed by atoms with Crippen molar-refractivity contribution in [3.8, 4) is 17.2 Å². The van der Waals surface area contributed by atoms with Gasteiger partial charge in [-0.2, -0.15) is 0 Å². The summed E-state index contributed by atoms with van der Waals surface area (Å²) in [5, 5.41) is 11.7. The third-order valence-electron chi connectivity index (χ3n) is 6.03. The number of ether oxygens (including phenoxy) is 3. The molecule has 1 aliphatic heterocycles. The monoisotopic (exact) mass is 428 g/mol. The Morgan fingerprint density at radius 1 is 1.16 bits per heavy atom. The lowest BCUT2D eigenvalue weighted by Crippen LogP contribution is -2.48. The zero-order valence-electron chi connectivity index (χ0n) is 18.3. The number of carbonyl (C=O) groups excluding carboxylic acids is 1. The summed E-state index contributed by atoms with van der Waals surface area (Å²) in [4.78, 5) is 22.3. The number of nitrogens with zero attached hydrogens (tertiary/aromatic N) is 3. The fourth-order valence-corrected chi connectivity index (χ4v) is 4.21. The number of rotatable bonds is 6. The molecule has 1 aromatic carbocycles. The minimum atomic E-state index is -0.855. The van der Waals surface area contributed by atoms with Crippen LogP contribution in [0, 0.1) is 6.92 Å². The smallest absolute Gasteiger partial charge is 0.270 e. The molecule has 2 aromatic heterocycles. The third-order valence-corrected chi connectivity index (χ3v) is 6.03. The molecular formula is C22H28N4O5. The van der Waals surface area contributed by atoms with Crippen molar-refractivity contribution in [1.82, 2.24) is 19.4 Å². The van der Waals surface area contributed by atoms with E-state index in [1.165, 1.54) is 0 Å². The first-order chi connectivity index (χ1) is 14.9. The van der Waals surface area contributed by atoms with Crippen LogP contribution in [0.25, 0.3) is 10.9 Å². The van der Waals surface area contributed by atoms with Crippen LogP contribution >= 0.6 is 0 Å². The van der Waals surface area contributed by atoms with Crippen LogP contribution in [0.5, 0.6) is 17.2 Å². The molecule has 1 saturated heterocycles. The lowest BCUT2D eigenvalue weighted by molar-refractivity contribution is -0.0296. The molecule has 31 heavy (non-hydrogen) atoms. The van der Waals surface area contributed by atoms with Gasteiger partial charge in [0.25, 0.3) is 5.91 Å². The molecule has 3 aromatic rings. The number of H-pyrrole nitrogens is 1. The highest BCUT2D eigenvalue weighted by molar-refractivity contribution is 6.01. The molecular weight excluding hydrogens is 400 g/mol. The minimum Gasteiger partial charge on any atom is -0.493 e. The summed E-state index contributed by atoms with van der Waals surface area (Å²) < 4.78 is 18.3. The van der Waals surface area contributed by atoms with Crippen LogP contribution in [0.2, 0.25) is 0 Å². The van der Waals surface area contributed by atoms with E-state index in [1.807, 2.05) is 17.7 Å². The molecule has 0 spiro atoms. The fraction of sp³-hybridized carbons (Fsp3) is 0.455. The third kappa shape index (κ3) is 3.81. The standard InChI is InChI=1S/C22H28N4O5/c1-14-23-7-10-26(14)13-22(28)5-8-25(9-6-22)21(27)17-11-15-16(24-17)12-18(29-2)20(31-4)19(15)30-3/h7,10-12,24,28H,5-6,8-9,13H2,1-4H3. The molecule has 2 N–H and O–H groups in total. The Morgan fingerprint density at radius 2 is 1.87 bits per heavy atom. The number of piperidine rings is 1. The lowest BCUT2D eigenvalue weighted by Gasteiger charge is -2.38. The van der Waals surface area contributed by atoms with Crippen LogP contribution in [0.3, 0.4) is 0 Å². The predicted molar refractivity (Wildman–Crippen MR) is 115 cm³/mol. The number of imidazole rings is 1. The summed E-state index contributed by atoms with van der Waals surface area (Å²) in [6.07, 6.45) is 4.60. The number of aromatic nitrogens is 3. The Labute approximate surface area is 180 Å². The van der Waals surface area contributed by atoms with E-state index in [0.29, 0.717) is 55.4 Å². The molecule has 4 rings (SSSR count). The van der Waals surface area contributed by atoms with Crippen LogP contribution in [0.15, 0.2) is 24.5 Å². The van der Waals surface area contributed by atoms with Gasteiger partial charge in [-0.15, -0.1) is 0 Å². The summed E-state index contributed by atoms with van der Waals surface area (Å²) in [6.45, 7) is 3.34. The number of aryl methyl sites for hydroxylation is 1. The van der Waals surface area contributed by atoms with E-state index in [1.54, 1.807) is 44.6 Å². The Balaban J connectivity index is 1.53. The fourth-order valence-electron chi connectivity index (χ4n) is 4.21. The molecule has 9 heteroatoms. The predicted octanol–water partition coefficient (Wildman–Crippen LogP) is 2.37. The number of aliphatic hydroxyl groups is 1. The van der Waals surface area contributed by atoms with E-state index in [2.05, 4.69) is 9.97 Å². The number of carbonyl (C=O) groups is 1. The van der Waals surface area contributed by atoms with E-state index in [4.69, 9.17) is 14.2 Å². The van der Waals surface area contributed by atoms with E-state index in [9.17, 15) is 9.90 Å². The normalized spacial score (nSPS) is 15.8. The summed E-state index contributed by atoms with van der Waals surface area (Å²) in [5.41, 5.74) is 0.327. The minimum absolute atomic E-state index is 0.114. The van der Waals surface area contributed by atoms with Crippen molar-refractivity contribution in [1.29, 1.82) is 0 Å². The van der Waals surface area contributed by atoms with Crippen LogP contribution < -0.4 is 14.2 Å². The first kappa shape index (κ1) is 21.0. The van der Waals surface area contributed by atoms with Crippen LogP contribution in [-0.4, -0.2) is 70.5 Å². The Kier molecular flexibility index (Phi) is 5.53. The largest absolute Gasteiger partial charge is 0.493 e. The second kappa shape index (κ2) is 8.14. The van der Waals surface area contributed by atoms with Gasteiger partial charge < -0.3 is 33.8 Å². The zero-order chi connectivity index (χ0) is 22.2. The van der Waals surface area contributed by atoms with Gasteiger partial charge in [0, 0.05) is 36.9 Å². The van der Waals surface area contributed by atoms with Gasteiger partial charge in [-0.1, -0.05) is 0 Å². The van der Waals surface area contributed by atoms with Gasteiger partial charge in [0.15, 0.2) is 11.5 Å². The molecule has 0 bridgehead atoms. The van der Waals surface area contributed by atoms with Gasteiger partial charge >= 0.3 is 0 Å². The maximum absolute atomic E-state index is 13.2. The van der Waals surface area contributed by atoms with E-state index in [-0.39, 0.29) is 5.91 Å². The molecule has 0 atom stereocenters. The Hall–Kier alpha value is -3.20. The van der Waals surface area contributed by atoms with Gasteiger partial charge in [0.1, 0.15) is 11.5 Å². The van der Waals surface area contributed by atoms with Gasteiger partial charge in [-0.3, -0.25) is 4.79 Å². The second-order valence-electron chi connectivity index (χ2n) is 7.91. The van der Waals surface area contributed by atoms with Crippen molar-refractivity contribution in [2.75, 3.05) is 34.4 Å². The van der Waals surface area contributed by atoms with Gasteiger partial charge in [0.2, 0.25) is 5.75 Å². The van der Waals surface area contributed by atoms with Gasteiger partial charge in [-0.05, 0) is 25.8 Å². The number of likely N-dealkylation sites (tertiary alicyclic amines) is 1. The highest BCUT2D eigenvalue weighted by Crippen LogP contribution is 2.43. The Morgan fingerprint density at radius 3 is 2.45 bits per heavy atom. The molecule has 1 aliphatic rings. The van der Waals surface area contributed by atoms with Crippen LogP contribution in [-0.2, 0) is 6.54 Å². The molecule has 1 amide bonds. The highest BCUT2D eigenvalue weighted by Gasteiger charge is 2.35. The SMILES string of the molecule is COc1cc2[nH]c(C(=O)N3CCC(O)(Cn4ccnc4C)CC3)cc2c(OC)c1OC. The van der Waals surface area contributed by atoms with Crippen LogP contribution in [0.1, 0.15) is 29.2 Å². The average Bonchev–Trinajstić information content (AvgIpc) is 3.37. The molecule has 9 nitrogen and oxygen atoms in total. The maximum atomic E-state index is 13.2. The quantitative estimate of drug-likeness (QED) is 0.625. The summed E-state index contributed by atoms with van der Waals surface area (Å²) in [6, 6.07) is 3.56. The van der Waals surface area contributed by atoms with Crippen molar-refractivity contribution in [2.24, 2.45) is 0 Å². The first-order valence-electron chi connectivity index (χ1n) is 10.2. The number of fused-ring (bicyclic) bond motifs is 1. The van der Waals surface area contributed by atoms with Crippen LogP contribution in [0.4, 0.5) is 0 Å². The highest BCUT2D eigenvalue weighted by atomic mass is 16.5. The number of amides is 1. The van der Waals surface area contributed by atoms with E-state index in [0.717, 1.165) is 16.7 Å².